The largest absolute Gasteiger partial charge is 0.377 e. The summed E-state index contributed by atoms with van der Waals surface area (Å²) in [6.45, 7) is 4.04. The predicted octanol–water partition coefficient (Wildman–Crippen LogP) is 3.51. The van der Waals surface area contributed by atoms with E-state index in [-0.39, 0.29) is 5.91 Å². The highest BCUT2D eigenvalue weighted by Crippen LogP contribution is 2.31. The molecule has 124 valence electrons. The minimum atomic E-state index is -0.147. The zero-order valence-electron chi connectivity index (χ0n) is 14.7. The Hall–Kier alpha value is -2.82. The van der Waals surface area contributed by atoms with Gasteiger partial charge >= 0.3 is 0 Å². The van der Waals surface area contributed by atoms with Gasteiger partial charge in [-0.3, -0.25) is 9.48 Å². The van der Waals surface area contributed by atoms with Gasteiger partial charge in [0.25, 0.3) is 5.91 Å². The summed E-state index contributed by atoms with van der Waals surface area (Å²) in [7, 11) is 5.85. The fourth-order valence-electron chi connectivity index (χ4n) is 2.82. The molecule has 0 aliphatic carbocycles. The van der Waals surface area contributed by atoms with Crippen LogP contribution >= 0.6 is 0 Å². The molecule has 3 aromatic rings. The number of rotatable bonds is 3. The molecule has 5 heteroatoms. The van der Waals surface area contributed by atoms with Crippen LogP contribution in [0, 0.1) is 13.8 Å². The molecule has 0 saturated carbocycles. The van der Waals surface area contributed by atoms with E-state index in [0.29, 0.717) is 11.4 Å². The predicted molar refractivity (Wildman–Crippen MR) is 98.9 cm³/mol. The number of hydrogen-bond donors (Lipinski definition) is 1. The summed E-state index contributed by atoms with van der Waals surface area (Å²) in [4.78, 5) is 14.7. The molecule has 1 N–H and O–H groups in total. The zero-order chi connectivity index (χ0) is 17.4. The molecular weight excluding hydrogens is 300 g/mol. The first-order chi connectivity index (χ1) is 11.4. The molecule has 3 rings (SSSR count). The average molecular weight is 322 g/mol. The second-order valence-electron chi connectivity index (χ2n) is 6.29. The van der Waals surface area contributed by atoms with E-state index in [9.17, 15) is 4.79 Å². The highest BCUT2D eigenvalue weighted by Gasteiger charge is 2.17. The molecule has 1 amide bonds. The molecule has 0 radical (unpaired) electrons. The first-order valence-electron chi connectivity index (χ1n) is 7.90. The van der Waals surface area contributed by atoms with Crippen molar-refractivity contribution in [2.45, 2.75) is 13.8 Å². The van der Waals surface area contributed by atoms with Crippen molar-refractivity contribution in [1.82, 2.24) is 9.78 Å². The smallest absolute Gasteiger partial charge is 0.256 e. The lowest BCUT2D eigenvalue weighted by Crippen LogP contribution is -2.14. The van der Waals surface area contributed by atoms with Gasteiger partial charge in [-0.25, -0.2) is 0 Å². The van der Waals surface area contributed by atoms with Gasteiger partial charge in [0, 0.05) is 32.4 Å². The highest BCUT2D eigenvalue weighted by atomic mass is 16.1. The van der Waals surface area contributed by atoms with Gasteiger partial charge in [0.1, 0.15) is 0 Å². The van der Waals surface area contributed by atoms with Crippen molar-refractivity contribution in [2.75, 3.05) is 24.3 Å². The SMILES string of the molecule is Cc1ccc(C(=O)Nc2nn(C)c3cccc(N(C)C)c23)cc1C. The first-order valence-corrected chi connectivity index (χ1v) is 7.90. The number of hydrogen-bond acceptors (Lipinski definition) is 3. The molecule has 24 heavy (non-hydrogen) atoms. The van der Waals surface area contributed by atoms with Crippen molar-refractivity contribution in [2.24, 2.45) is 7.05 Å². The Labute approximate surface area is 141 Å². The normalized spacial score (nSPS) is 10.9. The van der Waals surface area contributed by atoms with Crippen LogP contribution in [0.25, 0.3) is 10.9 Å². The maximum atomic E-state index is 12.6. The number of nitrogens with zero attached hydrogens (tertiary/aromatic N) is 3. The first kappa shape index (κ1) is 16.1. The molecular formula is C19H22N4O. The summed E-state index contributed by atoms with van der Waals surface area (Å²) in [5.41, 5.74) is 4.92. The molecule has 0 atom stereocenters. The second-order valence-corrected chi connectivity index (χ2v) is 6.29. The minimum absolute atomic E-state index is 0.147. The van der Waals surface area contributed by atoms with Gasteiger partial charge in [-0.2, -0.15) is 5.10 Å². The monoisotopic (exact) mass is 322 g/mol. The molecule has 0 bridgehead atoms. The second kappa shape index (κ2) is 6.00. The lowest BCUT2D eigenvalue weighted by atomic mass is 10.1. The Morgan fingerprint density at radius 3 is 2.54 bits per heavy atom. The Morgan fingerprint density at radius 1 is 1.12 bits per heavy atom. The summed E-state index contributed by atoms with van der Waals surface area (Å²) in [6.07, 6.45) is 0. The van der Waals surface area contributed by atoms with E-state index in [4.69, 9.17) is 0 Å². The third-order valence-electron chi connectivity index (χ3n) is 4.34. The van der Waals surface area contributed by atoms with E-state index >= 15 is 0 Å². The van der Waals surface area contributed by atoms with Crippen LogP contribution in [0.2, 0.25) is 0 Å². The van der Waals surface area contributed by atoms with E-state index in [1.54, 1.807) is 4.68 Å². The van der Waals surface area contributed by atoms with Gasteiger partial charge in [-0.05, 0) is 49.2 Å². The molecule has 0 unspecified atom stereocenters. The van der Waals surface area contributed by atoms with Crippen LogP contribution < -0.4 is 10.2 Å². The third kappa shape index (κ3) is 2.73. The lowest BCUT2D eigenvalue weighted by Gasteiger charge is -2.14. The Kier molecular flexibility index (Phi) is 4.01. The number of benzene rings is 2. The number of fused-ring (bicyclic) bond motifs is 1. The van der Waals surface area contributed by atoms with Crippen LogP contribution in [0.5, 0.6) is 0 Å². The summed E-state index contributed by atoms with van der Waals surface area (Å²) in [5, 5.41) is 8.41. The van der Waals surface area contributed by atoms with Crippen molar-refractivity contribution in [3.05, 3.63) is 53.1 Å². The van der Waals surface area contributed by atoms with Gasteiger partial charge in [0.05, 0.1) is 10.9 Å². The number of amides is 1. The number of carbonyl (C=O) groups is 1. The van der Waals surface area contributed by atoms with Gasteiger partial charge in [0.15, 0.2) is 5.82 Å². The Bertz CT molecular complexity index is 925. The van der Waals surface area contributed by atoms with E-state index in [1.807, 2.05) is 76.3 Å². The fraction of sp³-hybridized carbons (Fsp3) is 0.263. The molecule has 0 fully saturated rings. The van der Waals surface area contributed by atoms with Crippen LogP contribution in [-0.2, 0) is 7.05 Å². The highest BCUT2D eigenvalue weighted by molar-refractivity contribution is 6.10. The molecule has 0 spiro atoms. The van der Waals surface area contributed by atoms with Crippen LogP contribution in [0.15, 0.2) is 36.4 Å². The average Bonchev–Trinajstić information content (AvgIpc) is 2.86. The standard InChI is InChI=1S/C19H22N4O/c1-12-9-10-14(11-13(12)2)19(24)20-18-17-15(22(3)4)7-6-8-16(17)23(5)21-18/h6-11H,1-5H3,(H,20,21,24). The van der Waals surface area contributed by atoms with Crippen LogP contribution in [0.1, 0.15) is 21.5 Å². The summed E-state index contributed by atoms with van der Waals surface area (Å²) in [5.74, 6) is 0.437. The van der Waals surface area contributed by atoms with E-state index in [0.717, 1.165) is 22.2 Å². The van der Waals surface area contributed by atoms with Gasteiger partial charge < -0.3 is 10.2 Å². The molecule has 2 aromatic carbocycles. The van der Waals surface area contributed by atoms with E-state index in [1.165, 1.54) is 5.56 Å². The molecule has 1 aromatic heterocycles. The van der Waals surface area contributed by atoms with Crippen LogP contribution in [-0.4, -0.2) is 29.8 Å². The van der Waals surface area contributed by atoms with Crippen molar-refractivity contribution < 1.29 is 4.79 Å². The molecule has 0 aliphatic rings. The maximum absolute atomic E-state index is 12.6. The molecule has 0 saturated heterocycles. The van der Waals surface area contributed by atoms with Crippen LogP contribution in [0.3, 0.4) is 0 Å². The van der Waals surface area contributed by atoms with Crippen molar-refractivity contribution in [3.8, 4) is 0 Å². The summed E-state index contributed by atoms with van der Waals surface area (Å²) in [6, 6.07) is 11.7. The van der Waals surface area contributed by atoms with E-state index in [2.05, 4.69) is 10.4 Å². The summed E-state index contributed by atoms with van der Waals surface area (Å²) < 4.78 is 1.79. The topological polar surface area (TPSA) is 50.2 Å². The van der Waals surface area contributed by atoms with Crippen LogP contribution in [0.4, 0.5) is 11.5 Å². The summed E-state index contributed by atoms with van der Waals surface area (Å²) >= 11 is 0. The quantitative estimate of drug-likeness (QED) is 0.803. The van der Waals surface area contributed by atoms with Gasteiger partial charge in [-0.1, -0.05) is 12.1 Å². The number of aromatic nitrogens is 2. The number of aryl methyl sites for hydroxylation is 3. The van der Waals surface area contributed by atoms with Crippen molar-refractivity contribution in [1.29, 1.82) is 0 Å². The molecule has 5 nitrogen and oxygen atoms in total. The Morgan fingerprint density at radius 2 is 1.88 bits per heavy atom. The Balaban J connectivity index is 2.03. The molecule has 1 heterocycles. The minimum Gasteiger partial charge on any atom is -0.377 e. The lowest BCUT2D eigenvalue weighted by molar-refractivity contribution is 0.102. The fourth-order valence-corrected chi connectivity index (χ4v) is 2.82. The van der Waals surface area contributed by atoms with E-state index < -0.39 is 0 Å². The van der Waals surface area contributed by atoms with Crippen molar-refractivity contribution in [3.63, 3.8) is 0 Å². The molecule has 0 aliphatic heterocycles. The number of carbonyl (C=O) groups excluding carboxylic acids is 1. The van der Waals surface area contributed by atoms with Gasteiger partial charge in [0.2, 0.25) is 0 Å². The maximum Gasteiger partial charge on any atom is 0.256 e. The van der Waals surface area contributed by atoms with Crippen molar-refractivity contribution >= 4 is 28.3 Å². The van der Waals surface area contributed by atoms with Gasteiger partial charge in [-0.15, -0.1) is 0 Å². The number of nitrogens with one attached hydrogen (secondary N) is 1. The third-order valence-corrected chi connectivity index (χ3v) is 4.34. The zero-order valence-corrected chi connectivity index (χ0v) is 14.7. The number of anilines is 2.